The van der Waals surface area contributed by atoms with Gasteiger partial charge in [0.2, 0.25) is 5.91 Å². The molecular weight excluding hydrogens is 252 g/mol. The Morgan fingerprint density at radius 2 is 2.32 bits per heavy atom. The highest BCUT2D eigenvalue weighted by Crippen LogP contribution is 2.04. The van der Waals surface area contributed by atoms with Gasteiger partial charge in [-0.15, -0.1) is 0 Å². The summed E-state index contributed by atoms with van der Waals surface area (Å²) in [5.41, 5.74) is 0.861. The summed E-state index contributed by atoms with van der Waals surface area (Å²) in [4.78, 5) is 21.5. The number of amides is 1. The number of rotatable bonds is 5. The van der Waals surface area contributed by atoms with Crippen molar-refractivity contribution in [1.29, 1.82) is 0 Å². The Labute approximate surface area is 108 Å². The van der Waals surface area contributed by atoms with Gasteiger partial charge >= 0.3 is 5.82 Å². The molecule has 9 heteroatoms. The molecule has 2 aromatic rings. The van der Waals surface area contributed by atoms with Gasteiger partial charge in [-0.2, -0.15) is 9.78 Å². The summed E-state index contributed by atoms with van der Waals surface area (Å²) < 4.78 is 2.87. The predicted octanol–water partition coefficient (Wildman–Crippen LogP) is -0.159. The first kappa shape index (κ1) is 12.7. The average Bonchev–Trinajstić information content (AvgIpc) is 2.96. The van der Waals surface area contributed by atoms with Crippen LogP contribution in [-0.4, -0.2) is 30.4 Å². The molecule has 0 radical (unpaired) electrons. The van der Waals surface area contributed by atoms with E-state index in [1.54, 1.807) is 24.0 Å². The van der Waals surface area contributed by atoms with E-state index in [1.807, 2.05) is 0 Å². The van der Waals surface area contributed by atoms with E-state index in [2.05, 4.69) is 15.5 Å². The zero-order valence-electron chi connectivity index (χ0n) is 10.2. The van der Waals surface area contributed by atoms with Crippen molar-refractivity contribution in [2.45, 2.75) is 13.1 Å². The number of aromatic nitrogens is 4. The predicted molar refractivity (Wildman–Crippen MR) is 63.9 cm³/mol. The minimum absolute atomic E-state index is 0.0638. The lowest BCUT2D eigenvalue weighted by Gasteiger charge is -2.04. The molecule has 0 atom stereocenters. The van der Waals surface area contributed by atoms with Gasteiger partial charge in [-0.1, -0.05) is 0 Å². The van der Waals surface area contributed by atoms with E-state index in [1.165, 1.54) is 16.9 Å². The largest absolute Gasteiger partial charge is 0.389 e. The van der Waals surface area contributed by atoms with Crippen LogP contribution in [0, 0.1) is 10.1 Å². The van der Waals surface area contributed by atoms with Crippen molar-refractivity contribution in [2.24, 2.45) is 7.05 Å². The van der Waals surface area contributed by atoms with Crippen LogP contribution >= 0.6 is 0 Å². The summed E-state index contributed by atoms with van der Waals surface area (Å²) in [6.45, 7) is 0.282. The van der Waals surface area contributed by atoms with Crippen molar-refractivity contribution in [2.75, 3.05) is 0 Å². The van der Waals surface area contributed by atoms with Crippen LogP contribution in [0.4, 0.5) is 5.82 Å². The van der Waals surface area contributed by atoms with E-state index >= 15 is 0 Å². The molecule has 19 heavy (non-hydrogen) atoms. The average molecular weight is 264 g/mol. The molecule has 2 rings (SSSR count). The van der Waals surface area contributed by atoms with E-state index in [0.29, 0.717) is 6.54 Å². The number of aryl methyl sites for hydroxylation is 1. The van der Waals surface area contributed by atoms with Gasteiger partial charge in [0, 0.05) is 13.2 Å². The van der Waals surface area contributed by atoms with Crippen LogP contribution in [-0.2, 0) is 24.9 Å². The molecule has 0 fully saturated rings. The molecule has 0 saturated heterocycles. The number of hydrogen-bond acceptors (Lipinski definition) is 5. The molecule has 0 bridgehead atoms. The maximum Gasteiger partial charge on any atom is 0.389 e. The van der Waals surface area contributed by atoms with Crippen molar-refractivity contribution in [3.63, 3.8) is 0 Å². The van der Waals surface area contributed by atoms with Gasteiger partial charge in [0.25, 0.3) is 0 Å². The van der Waals surface area contributed by atoms with Crippen LogP contribution in [0.1, 0.15) is 5.69 Å². The molecule has 0 aliphatic carbocycles. The zero-order valence-corrected chi connectivity index (χ0v) is 10.2. The summed E-state index contributed by atoms with van der Waals surface area (Å²) in [6, 6.07) is 3.04. The topological polar surface area (TPSA) is 108 Å². The lowest BCUT2D eigenvalue weighted by Crippen LogP contribution is -2.28. The Morgan fingerprint density at radius 1 is 1.53 bits per heavy atom. The Hall–Kier alpha value is -2.71. The van der Waals surface area contributed by atoms with E-state index < -0.39 is 4.92 Å². The molecule has 0 unspecified atom stereocenters. The first-order chi connectivity index (χ1) is 9.06. The van der Waals surface area contributed by atoms with Crippen molar-refractivity contribution >= 4 is 11.7 Å². The SMILES string of the molecule is Cn1nccc1CNC(=O)Cn1ccc([N+](=O)[O-])n1. The van der Waals surface area contributed by atoms with Gasteiger partial charge in [0.15, 0.2) is 0 Å². The molecule has 100 valence electrons. The normalized spacial score (nSPS) is 10.4. The molecule has 0 saturated carbocycles. The van der Waals surface area contributed by atoms with Crippen LogP contribution in [0.5, 0.6) is 0 Å². The fourth-order valence-electron chi connectivity index (χ4n) is 1.50. The fourth-order valence-corrected chi connectivity index (χ4v) is 1.50. The van der Waals surface area contributed by atoms with E-state index in [0.717, 1.165) is 5.69 Å². The van der Waals surface area contributed by atoms with Crippen LogP contribution in [0.2, 0.25) is 0 Å². The van der Waals surface area contributed by atoms with E-state index in [4.69, 9.17) is 0 Å². The van der Waals surface area contributed by atoms with Gasteiger partial charge in [-0.05, 0) is 11.0 Å². The number of nitrogens with one attached hydrogen (secondary N) is 1. The molecule has 2 heterocycles. The van der Waals surface area contributed by atoms with Gasteiger partial charge in [-0.3, -0.25) is 9.48 Å². The first-order valence-corrected chi connectivity index (χ1v) is 5.47. The van der Waals surface area contributed by atoms with Gasteiger partial charge in [0.1, 0.15) is 6.54 Å². The Morgan fingerprint density at radius 3 is 2.89 bits per heavy atom. The summed E-state index contributed by atoms with van der Waals surface area (Å²) in [5, 5.41) is 20.7. The number of carbonyl (C=O) groups is 1. The van der Waals surface area contributed by atoms with Crippen LogP contribution < -0.4 is 5.32 Å². The van der Waals surface area contributed by atoms with E-state index in [9.17, 15) is 14.9 Å². The third-order valence-corrected chi connectivity index (χ3v) is 2.51. The Kier molecular flexibility index (Phi) is 3.55. The molecule has 0 aliphatic heterocycles. The summed E-state index contributed by atoms with van der Waals surface area (Å²) in [5.74, 6) is -0.557. The molecule has 0 aromatic carbocycles. The summed E-state index contributed by atoms with van der Waals surface area (Å²) >= 11 is 0. The highest BCUT2D eigenvalue weighted by atomic mass is 16.6. The standard InChI is InChI=1S/C10H12N6O3/c1-14-8(2-4-12-14)6-11-10(17)7-15-5-3-9(13-15)16(18)19/h2-5H,6-7H2,1H3,(H,11,17). The van der Waals surface area contributed by atoms with Gasteiger partial charge < -0.3 is 15.4 Å². The minimum Gasteiger partial charge on any atom is -0.358 e. The Bertz CT molecular complexity index is 602. The third-order valence-electron chi connectivity index (χ3n) is 2.51. The van der Waals surface area contributed by atoms with E-state index in [-0.39, 0.29) is 18.3 Å². The second kappa shape index (κ2) is 5.29. The number of carbonyl (C=O) groups excluding carboxylic acids is 1. The van der Waals surface area contributed by atoms with Crippen molar-refractivity contribution in [3.8, 4) is 0 Å². The molecule has 1 amide bonds. The molecule has 0 spiro atoms. The van der Waals surface area contributed by atoms with Crippen LogP contribution in [0.15, 0.2) is 24.5 Å². The van der Waals surface area contributed by atoms with Crippen LogP contribution in [0.3, 0.4) is 0 Å². The second-order valence-corrected chi connectivity index (χ2v) is 3.85. The number of hydrogen-bond donors (Lipinski definition) is 1. The number of nitro groups is 1. The van der Waals surface area contributed by atoms with Crippen LogP contribution in [0.25, 0.3) is 0 Å². The minimum atomic E-state index is -0.607. The second-order valence-electron chi connectivity index (χ2n) is 3.85. The molecular formula is C10H12N6O3. The smallest absolute Gasteiger partial charge is 0.358 e. The van der Waals surface area contributed by atoms with Gasteiger partial charge in [0.05, 0.1) is 29.6 Å². The Balaban J connectivity index is 1.87. The molecule has 0 aliphatic rings. The first-order valence-electron chi connectivity index (χ1n) is 5.47. The lowest BCUT2D eigenvalue weighted by atomic mass is 10.4. The highest BCUT2D eigenvalue weighted by molar-refractivity contribution is 5.75. The monoisotopic (exact) mass is 264 g/mol. The fraction of sp³-hybridized carbons (Fsp3) is 0.300. The molecule has 9 nitrogen and oxygen atoms in total. The van der Waals surface area contributed by atoms with Crippen molar-refractivity contribution < 1.29 is 9.72 Å². The number of nitrogens with zero attached hydrogens (tertiary/aromatic N) is 5. The van der Waals surface area contributed by atoms with Crippen molar-refractivity contribution in [1.82, 2.24) is 24.9 Å². The third kappa shape index (κ3) is 3.15. The highest BCUT2D eigenvalue weighted by Gasteiger charge is 2.13. The summed E-state index contributed by atoms with van der Waals surface area (Å²) in [7, 11) is 1.78. The quantitative estimate of drug-likeness (QED) is 0.596. The van der Waals surface area contributed by atoms with Crippen molar-refractivity contribution in [3.05, 3.63) is 40.3 Å². The molecule has 1 N–H and O–H groups in total. The maximum atomic E-state index is 11.6. The maximum absolute atomic E-state index is 11.6. The lowest BCUT2D eigenvalue weighted by molar-refractivity contribution is -0.389. The zero-order chi connectivity index (χ0) is 13.8. The molecule has 2 aromatic heterocycles. The van der Waals surface area contributed by atoms with Gasteiger partial charge in [-0.25, -0.2) is 0 Å². The summed E-state index contributed by atoms with van der Waals surface area (Å²) in [6.07, 6.45) is 3.03.